The molecule has 3 heterocycles. The molecule has 0 unspecified atom stereocenters. The highest BCUT2D eigenvalue weighted by Crippen LogP contribution is 2.41. The van der Waals surface area contributed by atoms with E-state index in [0.29, 0.717) is 56.9 Å². The Morgan fingerprint density at radius 2 is 2.00 bits per heavy atom. The number of aliphatic hydroxyl groups is 1. The molecule has 0 bridgehead atoms. The van der Waals surface area contributed by atoms with Crippen molar-refractivity contribution in [1.29, 1.82) is 0 Å². The van der Waals surface area contributed by atoms with Gasteiger partial charge in [-0.15, -0.1) is 0 Å². The van der Waals surface area contributed by atoms with E-state index in [4.69, 9.17) is 14.5 Å². The number of methoxy groups -OCH3 is 1. The Hall–Kier alpha value is -3.47. The maximum atomic E-state index is 14.3. The number of hydrogen-bond donors (Lipinski definition) is 2. The van der Waals surface area contributed by atoms with Gasteiger partial charge in [0.1, 0.15) is 5.60 Å². The minimum absolute atomic E-state index is 0.0482. The molecule has 226 valence electrons. The van der Waals surface area contributed by atoms with Gasteiger partial charge < -0.3 is 33.9 Å². The molecule has 5 rings (SSSR count). The number of aromatic nitrogens is 3. The molecule has 2 N–H and O–H groups in total. The number of rotatable bonds is 10. The number of aryl methyl sites for hydroxylation is 1. The Morgan fingerprint density at radius 1 is 1.19 bits per heavy atom. The Kier molecular flexibility index (Phi) is 9.45. The molecule has 3 atom stereocenters. The fourth-order valence-corrected chi connectivity index (χ4v) is 6.58. The first-order valence-corrected chi connectivity index (χ1v) is 15.1. The molecule has 1 saturated heterocycles. The number of hydrogen-bond acceptors (Lipinski definition) is 7. The van der Waals surface area contributed by atoms with Gasteiger partial charge in [-0.25, -0.2) is 9.78 Å². The zero-order valence-electron chi connectivity index (χ0n) is 24.9. The van der Waals surface area contributed by atoms with E-state index < -0.39 is 5.60 Å². The van der Waals surface area contributed by atoms with Crippen molar-refractivity contribution >= 4 is 11.9 Å². The van der Waals surface area contributed by atoms with Gasteiger partial charge in [0.2, 0.25) is 0 Å². The van der Waals surface area contributed by atoms with Crippen LogP contribution in [-0.4, -0.2) is 87.6 Å². The van der Waals surface area contributed by atoms with Gasteiger partial charge in [-0.2, -0.15) is 0 Å². The van der Waals surface area contributed by atoms with Crippen LogP contribution in [-0.2, 0) is 16.0 Å². The summed E-state index contributed by atoms with van der Waals surface area (Å²) in [4.78, 5) is 33.2. The highest BCUT2D eigenvalue weighted by Gasteiger charge is 2.42. The van der Waals surface area contributed by atoms with Gasteiger partial charge in [0.05, 0.1) is 36.8 Å². The van der Waals surface area contributed by atoms with Crippen LogP contribution >= 0.6 is 0 Å². The van der Waals surface area contributed by atoms with Crippen LogP contribution in [0.2, 0.25) is 0 Å². The first-order chi connectivity index (χ1) is 20.4. The lowest BCUT2D eigenvalue weighted by Crippen LogP contribution is -2.54. The van der Waals surface area contributed by atoms with Crippen molar-refractivity contribution in [3.8, 4) is 11.3 Å². The van der Waals surface area contributed by atoms with Crippen LogP contribution in [0.1, 0.15) is 71.6 Å². The minimum atomic E-state index is -1.04. The zero-order valence-corrected chi connectivity index (χ0v) is 24.9. The predicted molar refractivity (Wildman–Crippen MR) is 159 cm³/mol. The number of carbonyl (C=O) groups excluding carboxylic acids is 2. The van der Waals surface area contributed by atoms with Gasteiger partial charge in [0.15, 0.2) is 5.69 Å². The number of nitrogens with one attached hydrogen (secondary N) is 1. The molecule has 42 heavy (non-hydrogen) atoms. The smallest absolute Gasteiger partial charge is 0.339 e. The summed E-state index contributed by atoms with van der Waals surface area (Å²) in [7, 11) is 1.61. The number of amides is 1. The lowest BCUT2D eigenvalue weighted by Gasteiger charge is -2.41. The van der Waals surface area contributed by atoms with Gasteiger partial charge >= 0.3 is 5.97 Å². The summed E-state index contributed by atoms with van der Waals surface area (Å²) >= 11 is 0. The highest BCUT2D eigenvalue weighted by atomic mass is 16.5. The number of nitrogens with zero attached hydrogens (tertiary/aromatic N) is 4. The fourth-order valence-electron chi connectivity index (χ4n) is 6.58. The average molecular weight is 578 g/mol. The van der Waals surface area contributed by atoms with Crippen LogP contribution in [0.3, 0.4) is 0 Å². The molecule has 3 aromatic rings. The third-order valence-electron chi connectivity index (χ3n) is 8.78. The summed E-state index contributed by atoms with van der Waals surface area (Å²) in [5.41, 5.74) is 2.42. The number of ether oxygens (including phenoxy) is 2. The molecule has 0 spiro atoms. The molecule has 1 aliphatic heterocycles. The van der Waals surface area contributed by atoms with E-state index in [9.17, 15) is 14.7 Å². The molecule has 1 amide bonds. The Morgan fingerprint density at radius 3 is 2.76 bits per heavy atom. The van der Waals surface area contributed by atoms with E-state index in [0.717, 1.165) is 36.2 Å². The van der Waals surface area contributed by atoms with Crippen molar-refractivity contribution in [2.45, 2.75) is 70.2 Å². The summed E-state index contributed by atoms with van der Waals surface area (Å²) in [6.45, 7) is 6.89. The van der Waals surface area contributed by atoms with E-state index in [1.165, 1.54) is 0 Å². The lowest BCUT2D eigenvalue weighted by atomic mass is 9.80. The van der Waals surface area contributed by atoms with Gasteiger partial charge in [-0.3, -0.25) is 4.79 Å². The molecular weight excluding hydrogens is 534 g/mol. The maximum absolute atomic E-state index is 14.3. The molecular formula is C32H43N5O5. The Bertz CT molecular complexity index is 1360. The summed E-state index contributed by atoms with van der Waals surface area (Å²) in [5, 5.41) is 15.1. The predicted octanol–water partition coefficient (Wildman–Crippen LogP) is 3.83. The SMILES string of the molecule is CCOC(=O)c1ccn(CC[C@@H]2CNCCN2C(=O)c2ncn([C@@H]3CCCC[C@@]3(O)COC)c2-c2ccccc2)c1C. The van der Waals surface area contributed by atoms with Crippen LogP contribution in [0.4, 0.5) is 0 Å². The molecule has 1 aromatic carbocycles. The summed E-state index contributed by atoms with van der Waals surface area (Å²) in [5.74, 6) is -0.425. The Balaban J connectivity index is 1.43. The van der Waals surface area contributed by atoms with E-state index >= 15 is 0 Å². The van der Waals surface area contributed by atoms with Gasteiger partial charge in [-0.1, -0.05) is 43.2 Å². The summed E-state index contributed by atoms with van der Waals surface area (Å²) in [6, 6.07) is 11.4. The van der Waals surface area contributed by atoms with Gasteiger partial charge in [0, 0.05) is 56.8 Å². The maximum Gasteiger partial charge on any atom is 0.339 e. The minimum Gasteiger partial charge on any atom is -0.462 e. The van der Waals surface area contributed by atoms with Crippen molar-refractivity contribution in [3.05, 3.63) is 65.9 Å². The molecule has 2 fully saturated rings. The van der Waals surface area contributed by atoms with E-state index in [-0.39, 0.29) is 30.6 Å². The van der Waals surface area contributed by atoms with E-state index in [1.54, 1.807) is 26.4 Å². The quantitative estimate of drug-likeness (QED) is 0.353. The first-order valence-electron chi connectivity index (χ1n) is 15.1. The largest absolute Gasteiger partial charge is 0.462 e. The summed E-state index contributed by atoms with van der Waals surface area (Å²) in [6.07, 6.45) is 7.69. The lowest BCUT2D eigenvalue weighted by molar-refractivity contribution is -0.0893. The van der Waals surface area contributed by atoms with Crippen LogP contribution in [0.15, 0.2) is 48.9 Å². The Labute approximate surface area is 247 Å². The van der Waals surface area contributed by atoms with Crippen molar-refractivity contribution in [2.24, 2.45) is 0 Å². The second-order valence-corrected chi connectivity index (χ2v) is 11.4. The van der Waals surface area contributed by atoms with Crippen LogP contribution in [0.25, 0.3) is 11.3 Å². The van der Waals surface area contributed by atoms with Crippen LogP contribution in [0, 0.1) is 6.92 Å². The fraction of sp³-hybridized carbons (Fsp3) is 0.531. The first kappa shape index (κ1) is 30.0. The van der Waals surface area contributed by atoms with Crippen molar-refractivity contribution in [1.82, 2.24) is 24.3 Å². The monoisotopic (exact) mass is 577 g/mol. The summed E-state index contributed by atoms with van der Waals surface area (Å²) < 4.78 is 14.7. The highest BCUT2D eigenvalue weighted by molar-refractivity contribution is 5.98. The van der Waals surface area contributed by atoms with Gasteiger partial charge in [0.25, 0.3) is 5.91 Å². The van der Waals surface area contributed by atoms with E-state index in [2.05, 4.69) is 5.32 Å². The van der Waals surface area contributed by atoms with Crippen molar-refractivity contribution < 1.29 is 24.2 Å². The molecule has 10 nitrogen and oxygen atoms in total. The molecule has 10 heteroatoms. The molecule has 1 aliphatic carbocycles. The number of carbonyl (C=O) groups is 2. The third-order valence-corrected chi connectivity index (χ3v) is 8.78. The molecule has 0 radical (unpaired) electrons. The molecule has 2 aliphatic rings. The topological polar surface area (TPSA) is 111 Å². The van der Waals surface area contributed by atoms with Crippen molar-refractivity contribution in [3.63, 3.8) is 0 Å². The third kappa shape index (κ3) is 6.02. The van der Waals surface area contributed by atoms with Crippen LogP contribution in [0.5, 0.6) is 0 Å². The normalized spacial score (nSPS) is 22.7. The van der Waals surface area contributed by atoms with E-state index in [1.807, 2.05) is 57.5 Å². The average Bonchev–Trinajstić information content (AvgIpc) is 3.60. The number of piperazine rings is 1. The van der Waals surface area contributed by atoms with Gasteiger partial charge in [-0.05, 0) is 39.2 Å². The second kappa shape index (κ2) is 13.2. The standard InChI is InChI=1S/C32H43N5O5/c1-4-42-31(39)26-14-18-35(23(26)2)17-13-25-20-33-16-19-36(25)30(38)28-29(24-10-6-5-7-11-24)37(22-34-28)27-12-8-9-15-32(27,40)21-41-3/h5-7,10-11,14,18,22,25,27,33,40H,4,8-9,12-13,15-17,19-21H2,1-3H3/t25-,27-,32-/m1/s1. The molecule has 1 saturated carbocycles. The molecule has 2 aromatic heterocycles. The zero-order chi connectivity index (χ0) is 29.7. The number of imidazole rings is 1. The number of esters is 1. The van der Waals surface area contributed by atoms with Crippen molar-refractivity contribution in [2.75, 3.05) is 40.0 Å². The number of benzene rings is 1. The van der Waals surface area contributed by atoms with Crippen LogP contribution < -0.4 is 5.32 Å². The second-order valence-electron chi connectivity index (χ2n) is 11.4.